The molecule has 14 heavy (non-hydrogen) atoms. The lowest BCUT2D eigenvalue weighted by Crippen LogP contribution is -2.06. The lowest BCUT2D eigenvalue weighted by atomic mass is 10.2. The van der Waals surface area contributed by atoms with Gasteiger partial charge in [-0.2, -0.15) is 0 Å². The van der Waals surface area contributed by atoms with Gasteiger partial charge in [-0.25, -0.2) is 9.78 Å². The number of carbonyl (C=O) groups excluding carboxylic acids is 1. The predicted molar refractivity (Wildman–Crippen MR) is 59.4 cm³/mol. The summed E-state index contributed by atoms with van der Waals surface area (Å²) in [5.74, 6) is -0.409. The van der Waals surface area contributed by atoms with Gasteiger partial charge >= 0.3 is 5.97 Å². The largest absolute Gasteiger partial charge is 0.464 e. The van der Waals surface area contributed by atoms with Gasteiger partial charge in [-0.05, 0) is 34.5 Å². The molecule has 0 amide bonds. The molecule has 1 aromatic rings. The van der Waals surface area contributed by atoms with Gasteiger partial charge in [-0.3, -0.25) is 0 Å². The van der Waals surface area contributed by atoms with E-state index in [-0.39, 0.29) is 0 Å². The van der Waals surface area contributed by atoms with Gasteiger partial charge < -0.3 is 4.74 Å². The van der Waals surface area contributed by atoms with E-state index in [2.05, 4.69) is 25.7 Å². The van der Waals surface area contributed by atoms with Crippen LogP contribution in [-0.4, -0.2) is 18.1 Å². The first-order chi connectivity index (χ1) is 6.65. The van der Waals surface area contributed by atoms with Crippen LogP contribution in [0, 0.1) is 6.92 Å². The van der Waals surface area contributed by atoms with Gasteiger partial charge in [-0.1, -0.05) is 19.9 Å². The van der Waals surface area contributed by atoms with Crippen molar-refractivity contribution in [1.82, 2.24) is 4.98 Å². The average Bonchev–Trinajstić information content (AvgIpc) is 2.23. The number of rotatable bonds is 1. The summed E-state index contributed by atoms with van der Waals surface area (Å²) in [7, 11) is 1.34. The summed E-state index contributed by atoms with van der Waals surface area (Å²) in [4.78, 5) is 15.1. The molecule has 4 heteroatoms. The molecule has 78 valence electrons. The van der Waals surface area contributed by atoms with Crippen LogP contribution in [0.25, 0.3) is 0 Å². The molecule has 0 bridgehead atoms. The van der Waals surface area contributed by atoms with Crippen molar-refractivity contribution in [3.05, 3.63) is 28.0 Å². The van der Waals surface area contributed by atoms with Crippen LogP contribution in [0.5, 0.6) is 0 Å². The second-order valence-electron chi connectivity index (χ2n) is 2.29. The first kappa shape index (κ1) is 13.1. The third kappa shape index (κ3) is 3.46. The Morgan fingerprint density at radius 2 is 2.00 bits per heavy atom. The lowest BCUT2D eigenvalue weighted by molar-refractivity contribution is 0.0593. The van der Waals surface area contributed by atoms with E-state index >= 15 is 0 Å². The van der Waals surface area contributed by atoms with E-state index < -0.39 is 5.97 Å². The molecular formula is C10H14BrNO2. The van der Waals surface area contributed by atoms with Crippen molar-refractivity contribution in [3.63, 3.8) is 0 Å². The second kappa shape index (κ2) is 6.54. The zero-order chi connectivity index (χ0) is 11.1. The Morgan fingerprint density at radius 1 is 1.43 bits per heavy atom. The van der Waals surface area contributed by atoms with Crippen LogP contribution in [0.2, 0.25) is 0 Å². The molecule has 0 aliphatic carbocycles. The van der Waals surface area contributed by atoms with E-state index in [0.29, 0.717) is 10.3 Å². The summed E-state index contributed by atoms with van der Waals surface area (Å²) in [6.07, 6.45) is 0. The molecule has 0 aliphatic heterocycles. The molecule has 0 atom stereocenters. The van der Waals surface area contributed by atoms with Gasteiger partial charge in [0.1, 0.15) is 4.60 Å². The Morgan fingerprint density at radius 3 is 2.50 bits per heavy atom. The molecule has 0 aromatic carbocycles. The minimum Gasteiger partial charge on any atom is -0.464 e. The van der Waals surface area contributed by atoms with Gasteiger partial charge in [-0.15, -0.1) is 0 Å². The predicted octanol–water partition coefficient (Wildman–Crippen LogP) is 2.97. The molecule has 0 radical (unpaired) electrons. The summed E-state index contributed by atoms with van der Waals surface area (Å²) in [5, 5.41) is 0. The Labute approximate surface area is 92.6 Å². The summed E-state index contributed by atoms with van der Waals surface area (Å²) in [6.45, 7) is 5.81. The van der Waals surface area contributed by atoms with Gasteiger partial charge in [0.25, 0.3) is 0 Å². The standard InChI is InChI=1S/C8H8BrNO2.C2H6/c1-5-3-4-6(9)10-7(5)8(11)12-2;1-2/h3-4H,1-2H3;1-2H3. The molecule has 1 aromatic heterocycles. The van der Waals surface area contributed by atoms with Crippen LogP contribution in [0.15, 0.2) is 16.7 Å². The molecule has 0 fully saturated rings. The number of nitrogens with zero attached hydrogens (tertiary/aromatic N) is 1. The van der Waals surface area contributed by atoms with Crippen LogP contribution in [0.3, 0.4) is 0 Å². The van der Waals surface area contributed by atoms with E-state index in [0.717, 1.165) is 5.56 Å². The van der Waals surface area contributed by atoms with Crippen molar-refractivity contribution < 1.29 is 9.53 Å². The first-order valence-corrected chi connectivity index (χ1v) is 5.16. The number of hydrogen-bond donors (Lipinski definition) is 0. The first-order valence-electron chi connectivity index (χ1n) is 4.36. The number of carbonyl (C=O) groups is 1. The smallest absolute Gasteiger partial charge is 0.356 e. The molecule has 0 saturated heterocycles. The lowest BCUT2D eigenvalue weighted by Gasteiger charge is -2.01. The van der Waals surface area contributed by atoms with E-state index in [1.807, 2.05) is 26.8 Å². The zero-order valence-electron chi connectivity index (χ0n) is 8.80. The molecule has 3 nitrogen and oxygen atoms in total. The fraction of sp³-hybridized carbons (Fsp3) is 0.400. The minimum absolute atomic E-state index is 0.354. The number of halogens is 1. The molecule has 1 heterocycles. The number of esters is 1. The monoisotopic (exact) mass is 259 g/mol. The third-order valence-corrected chi connectivity index (χ3v) is 1.88. The number of hydrogen-bond acceptors (Lipinski definition) is 3. The van der Waals surface area contributed by atoms with Gasteiger partial charge in [0.15, 0.2) is 5.69 Å². The average molecular weight is 260 g/mol. The second-order valence-corrected chi connectivity index (χ2v) is 3.10. The molecule has 0 unspecified atom stereocenters. The van der Waals surface area contributed by atoms with Crippen molar-refractivity contribution in [2.24, 2.45) is 0 Å². The fourth-order valence-corrected chi connectivity index (χ4v) is 1.12. The van der Waals surface area contributed by atoms with Gasteiger partial charge in [0, 0.05) is 0 Å². The highest BCUT2D eigenvalue weighted by molar-refractivity contribution is 9.10. The van der Waals surface area contributed by atoms with Crippen LogP contribution in [0.1, 0.15) is 29.9 Å². The van der Waals surface area contributed by atoms with E-state index in [9.17, 15) is 4.79 Å². The summed E-state index contributed by atoms with van der Waals surface area (Å²) in [5.41, 5.74) is 1.16. The van der Waals surface area contributed by atoms with Crippen molar-refractivity contribution in [2.75, 3.05) is 7.11 Å². The zero-order valence-corrected chi connectivity index (χ0v) is 10.4. The fourth-order valence-electron chi connectivity index (χ4n) is 0.808. The highest BCUT2D eigenvalue weighted by Crippen LogP contribution is 2.11. The van der Waals surface area contributed by atoms with E-state index in [1.165, 1.54) is 7.11 Å². The van der Waals surface area contributed by atoms with Crippen molar-refractivity contribution in [2.45, 2.75) is 20.8 Å². The minimum atomic E-state index is -0.409. The molecule has 0 aliphatic rings. The maximum absolute atomic E-state index is 11.1. The number of ether oxygens (including phenoxy) is 1. The van der Waals surface area contributed by atoms with Crippen LogP contribution < -0.4 is 0 Å². The van der Waals surface area contributed by atoms with Crippen molar-refractivity contribution in [1.29, 1.82) is 0 Å². The summed E-state index contributed by atoms with van der Waals surface area (Å²) < 4.78 is 5.18. The van der Waals surface area contributed by atoms with Gasteiger partial charge in [0.2, 0.25) is 0 Å². The van der Waals surface area contributed by atoms with Crippen molar-refractivity contribution >= 4 is 21.9 Å². The Hall–Kier alpha value is -0.900. The Kier molecular flexibility index (Phi) is 6.12. The van der Waals surface area contributed by atoms with E-state index in [1.54, 1.807) is 6.07 Å². The Bertz CT molecular complexity index is 313. The summed E-state index contributed by atoms with van der Waals surface area (Å²) in [6, 6.07) is 3.59. The van der Waals surface area contributed by atoms with Crippen molar-refractivity contribution in [3.8, 4) is 0 Å². The van der Waals surface area contributed by atoms with Crippen LogP contribution >= 0.6 is 15.9 Å². The maximum Gasteiger partial charge on any atom is 0.356 e. The summed E-state index contributed by atoms with van der Waals surface area (Å²) >= 11 is 3.17. The highest BCUT2D eigenvalue weighted by atomic mass is 79.9. The highest BCUT2D eigenvalue weighted by Gasteiger charge is 2.10. The van der Waals surface area contributed by atoms with E-state index in [4.69, 9.17) is 0 Å². The topological polar surface area (TPSA) is 39.2 Å². The molecule has 0 spiro atoms. The van der Waals surface area contributed by atoms with Crippen LogP contribution in [0.4, 0.5) is 0 Å². The molecular weight excluding hydrogens is 246 g/mol. The molecule has 0 N–H and O–H groups in total. The molecule has 1 rings (SSSR count). The number of aromatic nitrogens is 1. The Balaban J connectivity index is 0.000000791. The maximum atomic E-state index is 11.1. The number of pyridine rings is 1. The SMILES string of the molecule is CC.COC(=O)c1nc(Br)ccc1C. The van der Waals surface area contributed by atoms with Gasteiger partial charge in [0.05, 0.1) is 7.11 Å². The number of aryl methyl sites for hydroxylation is 1. The number of methoxy groups -OCH3 is 1. The molecule has 0 saturated carbocycles. The van der Waals surface area contributed by atoms with Crippen LogP contribution in [-0.2, 0) is 4.74 Å². The normalized spacial score (nSPS) is 8.64. The third-order valence-electron chi connectivity index (χ3n) is 1.44. The quantitative estimate of drug-likeness (QED) is 0.575.